The second-order valence-corrected chi connectivity index (χ2v) is 10.7. The van der Waals surface area contributed by atoms with E-state index < -0.39 is 22.5 Å². The molecule has 33 heavy (non-hydrogen) atoms. The van der Waals surface area contributed by atoms with Crippen molar-refractivity contribution in [1.29, 1.82) is 0 Å². The van der Waals surface area contributed by atoms with Crippen molar-refractivity contribution in [3.63, 3.8) is 0 Å². The van der Waals surface area contributed by atoms with Crippen LogP contribution in [0.4, 0.5) is 13.9 Å². The van der Waals surface area contributed by atoms with E-state index in [4.69, 9.17) is 0 Å². The Kier molecular flexibility index (Phi) is 6.59. The molecule has 0 unspecified atom stereocenters. The van der Waals surface area contributed by atoms with Crippen molar-refractivity contribution >= 4 is 32.4 Å². The van der Waals surface area contributed by atoms with Crippen molar-refractivity contribution in [2.75, 3.05) is 11.9 Å². The van der Waals surface area contributed by atoms with E-state index in [0.717, 1.165) is 35.2 Å². The Balaban J connectivity index is 1.50. The number of nitrogens with zero attached hydrogens (tertiary/aromatic N) is 4. The zero-order valence-corrected chi connectivity index (χ0v) is 19.7. The number of alkyl halides is 2. The fraction of sp³-hybridized carbons (Fsp3) is 0.381. The fourth-order valence-corrected chi connectivity index (χ4v) is 6.48. The Hall–Kier alpha value is -2.70. The zero-order chi connectivity index (χ0) is 23.8. The normalized spacial score (nSPS) is 17.4. The third kappa shape index (κ3) is 4.68. The highest BCUT2D eigenvalue weighted by atomic mass is 32.2. The Bertz CT molecular complexity index is 1260. The second kappa shape index (κ2) is 9.27. The molecular formula is C21H23F2N5O3S2. The number of rotatable bonds is 6. The summed E-state index contributed by atoms with van der Waals surface area (Å²) in [5, 5.41) is 2.87. The molecule has 12 heteroatoms. The van der Waals surface area contributed by atoms with E-state index in [-0.39, 0.29) is 27.5 Å². The molecule has 1 aromatic carbocycles. The maximum absolute atomic E-state index is 13.2. The van der Waals surface area contributed by atoms with E-state index in [1.807, 2.05) is 6.92 Å². The molecule has 0 bridgehead atoms. The summed E-state index contributed by atoms with van der Waals surface area (Å²) < 4.78 is 54.5. The minimum absolute atomic E-state index is 0.0604. The van der Waals surface area contributed by atoms with Crippen LogP contribution in [0.2, 0.25) is 0 Å². The van der Waals surface area contributed by atoms with Crippen LogP contribution in [-0.4, -0.2) is 45.8 Å². The summed E-state index contributed by atoms with van der Waals surface area (Å²) in [5.41, 5.74) is 0.713. The molecule has 1 N–H and O–H groups in total. The fourth-order valence-electron chi connectivity index (χ4n) is 3.82. The number of amides is 1. The lowest BCUT2D eigenvalue weighted by molar-refractivity contribution is 0.0720. The molecule has 3 heterocycles. The number of nitrogens with one attached hydrogen (secondary N) is 1. The van der Waals surface area contributed by atoms with E-state index in [9.17, 15) is 22.0 Å². The summed E-state index contributed by atoms with van der Waals surface area (Å²) in [4.78, 5) is 21.4. The molecule has 1 atom stereocenters. The number of aryl methyl sites for hydroxylation is 1. The number of halogens is 2. The molecular weight excluding hydrogens is 472 g/mol. The molecule has 8 nitrogen and oxygen atoms in total. The number of piperidine rings is 1. The summed E-state index contributed by atoms with van der Waals surface area (Å²) in [6, 6.07) is 5.67. The molecule has 0 saturated carbocycles. The summed E-state index contributed by atoms with van der Waals surface area (Å²) in [7, 11) is -3.63. The molecule has 1 amide bonds. The predicted molar refractivity (Wildman–Crippen MR) is 121 cm³/mol. The van der Waals surface area contributed by atoms with Gasteiger partial charge in [0.15, 0.2) is 11.0 Å². The smallest absolute Gasteiger partial charge is 0.298 e. The van der Waals surface area contributed by atoms with E-state index >= 15 is 0 Å². The zero-order valence-electron chi connectivity index (χ0n) is 18.0. The van der Waals surface area contributed by atoms with Gasteiger partial charge in [-0.25, -0.2) is 18.4 Å². The van der Waals surface area contributed by atoms with Gasteiger partial charge in [-0.1, -0.05) is 17.8 Å². The average molecular weight is 496 g/mol. The number of carbonyl (C=O) groups excluding carboxylic acids is 1. The first-order valence-electron chi connectivity index (χ1n) is 10.4. The Morgan fingerprint density at radius 3 is 2.64 bits per heavy atom. The van der Waals surface area contributed by atoms with Gasteiger partial charge >= 0.3 is 6.55 Å². The van der Waals surface area contributed by atoms with Gasteiger partial charge < -0.3 is 0 Å². The molecule has 176 valence electrons. The lowest BCUT2D eigenvalue weighted by atomic mass is 10.1. The van der Waals surface area contributed by atoms with Crippen LogP contribution >= 0.6 is 11.3 Å². The molecule has 1 saturated heterocycles. The van der Waals surface area contributed by atoms with E-state index in [1.54, 1.807) is 6.92 Å². The van der Waals surface area contributed by atoms with Gasteiger partial charge in [0, 0.05) is 30.5 Å². The molecule has 0 spiro atoms. The number of hydrogen-bond donors (Lipinski definition) is 1. The molecule has 1 aliphatic rings. The summed E-state index contributed by atoms with van der Waals surface area (Å²) in [6.07, 6.45) is 5.12. The van der Waals surface area contributed by atoms with Crippen molar-refractivity contribution in [1.82, 2.24) is 18.8 Å². The van der Waals surface area contributed by atoms with Crippen LogP contribution < -0.4 is 5.32 Å². The lowest BCUT2D eigenvalue weighted by Gasteiger charge is -2.32. The minimum Gasteiger partial charge on any atom is -0.298 e. The highest BCUT2D eigenvalue weighted by molar-refractivity contribution is 7.89. The van der Waals surface area contributed by atoms with Gasteiger partial charge in [-0.2, -0.15) is 13.1 Å². The van der Waals surface area contributed by atoms with E-state index in [1.165, 1.54) is 41.0 Å². The van der Waals surface area contributed by atoms with Crippen LogP contribution in [0.3, 0.4) is 0 Å². The standard InChI is InChI=1S/C21H23F2N5O3S2/c1-13-5-3-4-11-28(13)33(30,31)16-8-6-15(7-9-16)19(29)26-21-25-14(2)17(32-21)18-24-10-12-27(18)20(22)23/h6-10,12-13,20H,3-5,11H2,1-2H3,(H,25,26,29)/t13-/m0/s1. The first-order valence-corrected chi connectivity index (χ1v) is 12.7. The third-order valence-electron chi connectivity index (χ3n) is 5.56. The van der Waals surface area contributed by atoms with Gasteiger partial charge in [0.2, 0.25) is 10.0 Å². The lowest BCUT2D eigenvalue weighted by Crippen LogP contribution is -2.41. The molecule has 1 fully saturated rings. The first-order chi connectivity index (χ1) is 15.7. The number of thiazole rings is 1. The number of anilines is 1. The molecule has 0 aliphatic carbocycles. The highest BCUT2D eigenvalue weighted by Crippen LogP contribution is 2.33. The van der Waals surface area contributed by atoms with Crippen LogP contribution in [0, 0.1) is 6.92 Å². The van der Waals surface area contributed by atoms with Crippen LogP contribution in [0.15, 0.2) is 41.6 Å². The van der Waals surface area contributed by atoms with Crippen molar-refractivity contribution in [3.05, 3.63) is 47.9 Å². The van der Waals surface area contributed by atoms with Crippen molar-refractivity contribution < 1.29 is 22.0 Å². The highest BCUT2D eigenvalue weighted by Gasteiger charge is 2.31. The number of aromatic nitrogens is 3. The van der Waals surface area contributed by atoms with Crippen molar-refractivity contribution in [2.45, 2.75) is 50.6 Å². The number of sulfonamides is 1. The quantitative estimate of drug-likeness (QED) is 0.542. The third-order valence-corrected chi connectivity index (χ3v) is 8.66. The number of imidazole rings is 1. The summed E-state index contributed by atoms with van der Waals surface area (Å²) in [5.74, 6) is -0.412. The minimum atomic E-state index is -3.63. The molecule has 1 aliphatic heterocycles. The molecule has 4 rings (SSSR count). The second-order valence-electron chi connectivity index (χ2n) is 7.81. The number of hydrogen-bond acceptors (Lipinski definition) is 6. The Morgan fingerprint density at radius 2 is 1.97 bits per heavy atom. The predicted octanol–water partition coefficient (Wildman–Crippen LogP) is 4.53. The number of benzene rings is 1. The van der Waals surface area contributed by atoms with E-state index in [2.05, 4.69) is 15.3 Å². The topological polar surface area (TPSA) is 97.2 Å². The Labute approximate surface area is 194 Å². The monoisotopic (exact) mass is 495 g/mol. The van der Waals surface area contributed by atoms with Gasteiger partial charge in [-0.05, 0) is 51.0 Å². The van der Waals surface area contributed by atoms with Crippen molar-refractivity contribution in [3.8, 4) is 10.7 Å². The number of carbonyl (C=O) groups is 1. The van der Waals surface area contributed by atoms with Gasteiger partial charge in [0.05, 0.1) is 15.5 Å². The SMILES string of the molecule is Cc1nc(NC(=O)c2ccc(S(=O)(=O)N3CCCC[C@@H]3C)cc2)sc1-c1nccn1C(F)F. The van der Waals surface area contributed by atoms with Gasteiger partial charge in [0.25, 0.3) is 5.91 Å². The van der Waals surface area contributed by atoms with Gasteiger partial charge in [-0.3, -0.25) is 14.7 Å². The Morgan fingerprint density at radius 1 is 1.24 bits per heavy atom. The van der Waals surface area contributed by atoms with E-state index in [0.29, 0.717) is 17.1 Å². The molecule has 0 radical (unpaired) electrons. The first kappa shape index (κ1) is 23.5. The van der Waals surface area contributed by atoms with Gasteiger partial charge in [-0.15, -0.1) is 0 Å². The average Bonchev–Trinajstić information content (AvgIpc) is 3.40. The summed E-state index contributed by atoms with van der Waals surface area (Å²) in [6.45, 7) is 1.29. The van der Waals surface area contributed by atoms with Crippen LogP contribution in [0.5, 0.6) is 0 Å². The summed E-state index contributed by atoms with van der Waals surface area (Å²) >= 11 is 1.04. The van der Waals surface area contributed by atoms with Crippen LogP contribution in [-0.2, 0) is 10.0 Å². The molecule has 2 aromatic heterocycles. The largest absolute Gasteiger partial charge is 0.320 e. The maximum atomic E-state index is 13.2. The maximum Gasteiger partial charge on any atom is 0.320 e. The van der Waals surface area contributed by atoms with Crippen LogP contribution in [0.1, 0.15) is 48.8 Å². The van der Waals surface area contributed by atoms with Crippen molar-refractivity contribution in [2.24, 2.45) is 0 Å². The molecule has 3 aromatic rings. The van der Waals surface area contributed by atoms with Gasteiger partial charge in [0.1, 0.15) is 0 Å². The van der Waals surface area contributed by atoms with Crippen LogP contribution in [0.25, 0.3) is 10.7 Å².